The summed E-state index contributed by atoms with van der Waals surface area (Å²) in [6.45, 7) is 1.63. The molecule has 0 saturated carbocycles. The molecule has 0 bridgehead atoms. The Hall–Kier alpha value is -0.850. The Morgan fingerprint density at radius 1 is 1.25 bits per heavy atom. The van der Waals surface area contributed by atoms with Crippen LogP contribution in [0.3, 0.4) is 0 Å². The zero-order chi connectivity index (χ0) is 11.9. The molecule has 2 heterocycles. The Bertz CT molecular complexity index is 285. The molecule has 2 aliphatic heterocycles. The van der Waals surface area contributed by atoms with Crippen molar-refractivity contribution in [2.24, 2.45) is 11.8 Å². The van der Waals surface area contributed by atoms with Crippen molar-refractivity contribution in [2.75, 3.05) is 26.2 Å². The van der Waals surface area contributed by atoms with E-state index in [1.165, 1.54) is 0 Å². The molecule has 2 aliphatic rings. The molecule has 3 nitrogen and oxygen atoms in total. The standard InChI is InChI=1S/C9H12F4N2O/c10-7(11)9(12,13)8(16)15-3-5-1-14-2-6(5)4-15/h5-7,14H,1-4H2/t5-,6+. The van der Waals surface area contributed by atoms with Gasteiger partial charge in [-0.15, -0.1) is 0 Å². The SMILES string of the molecule is O=C(N1C[C@H]2CNC[C@H]2C1)C(F)(F)C(F)F. The lowest BCUT2D eigenvalue weighted by atomic mass is 10.0. The number of amides is 1. The van der Waals surface area contributed by atoms with Crippen LogP contribution in [-0.2, 0) is 4.79 Å². The summed E-state index contributed by atoms with van der Waals surface area (Å²) in [5, 5.41) is 3.07. The number of hydrogen-bond acceptors (Lipinski definition) is 2. The number of likely N-dealkylation sites (tertiary alicyclic amines) is 1. The maximum atomic E-state index is 12.8. The fourth-order valence-corrected chi connectivity index (χ4v) is 2.33. The summed E-state index contributed by atoms with van der Waals surface area (Å²) in [7, 11) is 0. The molecule has 2 atom stereocenters. The van der Waals surface area contributed by atoms with Crippen molar-refractivity contribution in [3.8, 4) is 0 Å². The van der Waals surface area contributed by atoms with E-state index in [9.17, 15) is 22.4 Å². The molecule has 0 spiro atoms. The first-order valence-electron chi connectivity index (χ1n) is 5.09. The average molecular weight is 240 g/mol. The van der Waals surface area contributed by atoms with Gasteiger partial charge in [-0.05, 0) is 11.8 Å². The van der Waals surface area contributed by atoms with Gasteiger partial charge >= 0.3 is 12.3 Å². The molecule has 2 saturated heterocycles. The smallest absolute Gasteiger partial charge is 0.337 e. The van der Waals surface area contributed by atoms with Gasteiger partial charge in [0.2, 0.25) is 0 Å². The third kappa shape index (κ3) is 1.77. The molecule has 2 rings (SSSR count). The van der Waals surface area contributed by atoms with Crippen LogP contribution >= 0.6 is 0 Å². The second-order valence-electron chi connectivity index (χ2n) is 4.31. The molecule has 0 aromatic rings. The molecular formula is C9H12F4N2O. The van der Waals surface area contributed by atoms with Crippen molar-refractivity contribution in [1.29, 1.82) is 0 Å². The number of halogens is 4. The topological polar surface area (TPSA) is 32.3 Å². The van der Waals surface area contributed by atoms with Crippen molar-refractivity contribution in [2.45, 2.75) is 12.3 Å². The first-order valence-corrected chi connectivity index (χ1v) is 5.09. The third-order valence-corrected chi connectivity index (χ3v) is 3.24. The summed E-state index contributed by atoms with van der Waals surface area (Å²) in [5.74, 6) is -6.04. The summed E-state index contributed by atoms with van der Waals surface area (Å²) < 4.78 is 49.6. The van der Waals surface area contributed by atoms with Gasteiger partial charge in [0.15, 0.2) is 0 Å². The second-order valence-corrected chi connectivity index (χ2v) is 4.31. The minimum atomic E-state index is -4.55. The number of alkyl halides is 4. The largest absolute Gasteiger partial charge is 0.383 e. The van der Waals surface area contributed by atoms with Crippen molar-refractivity contribution >= 4 is 5.91 Å². The van der Waals surface area contributed by atoms with Crippen LogP contribution < -0.4 is 5.32 Å². The number of rotatable bonds is 2. The van der Waals surface area contributed by atoms with Gasteiger partial charge in [0.05, 0.1) is 0 Å². The number of hydrogen-bond donors (Lipinski definition) is 1. The molecule has 16 heavy (non-hydrogen) atoms. The van der Waals surface area contributed by atoms with Gasteiger partial charge in [-0.1, -0.05) is 0 Å². The predicted molar refractivity (Wildman–Crippen MR) is 47.4 cm³/mol. The molecule has 92 valence electrons. The van der Waals surface area contributed by atoms with E-state index >= 15 is 0 Å². The van der Waals surface area contributed by atoms with Crippen molar-refractivity contribution in [3.63, 3.8) is 0 Å². The molecule has 7 heteroatoms. The Balaban J connectivity index is 2.02. The summed E-state index contributed by atoms with van der Waals surface area (Å²) >= 11 is 0. The highest BCUT2D eigenvalue weighted by Crippen LogP contribution is 2.31. The van der Waals surface area contributed by atoms with Crippen molar-refractivity contribution in [3.05, 3.63) is 0 Å². The number of carbonyl (C=O) groups is 1. The maximum Gasteiger partial charge on any atom is 0.383 e. The van der Waals surface area contributed by atoms with E-state index in [1.807, 2.05) is 0 Å². The summed E-state index contributed by atoms with van der Waals surface area (Å²) in [5.41, 5.74) is 0. The molecule has 0 aromatic heterocycles. The zero-order valence-electron chi connectivity index (χ0n) is 8.43. The zero-order valence-corrected chi connectivity index (χ0v) is 8.43. The second kappa shape index (κ2) is 3.87. The molecule has 0 aromatic carbocycles. The number of carbonyl (C=O) groups excluding carboxylic acids is 1. The van der Waals surface area contributed by atoms with Crippen LogP contribution in [0.2, 0.25) is 0 Å². The number of nitrogens with one attached hydrogen (secondary N) is 1. The summed E-state index contributed by atoms with van der Waals surface area (Å²) in [4.78, 5) is 12.1. The van der Waals surface area contributed by atoms with Gasteiger partial charge in [-0.25, -0.2) is 8.78 Å². The highest BCUT2D eigenvalue weighted by molar-refractivity contribution is 5.84. The van der Waals surface area contributed by atoms with E-state index in [1.54, 1.807) is 0 Å². The normalized spacial score (nSPS) is 29.9. The van der Waals surface area contributed by atoms with Crippen LogP contribution in [-0.4, -0.2) is 49.3 Å². The Morgan fingerprint density at radius 3 is 2.19 bits per heavy atom. The van der Waals surface area contributed by atoms with Crippen molar-refractivity contribution < 1.29 is 22.4 Å². The Morgan fingerprint density at radius 2 is 1.75 bits per heavy atom. The lowest BCUT2D eigenvalue weighted by molar-refractivity contribution is -0.179. The van der Waals surface area contributed by atoms with E-state index < -0.39 is 18.3 Å². The molecule has 1 N–H and O–H groups in total. The van der Waals surface area contributed by atoms with Crippen LogP contribution in [0, 0.1) is 11.8 Å². The summed E-state index contributed by atoms with van der Waals surface area (Å²) in [6.07, 6.45) is -3.93. The lowest BCUT2D eigenvalue weighted by Gasteiger charge is -2.23. The van der Waals surface area contributed by atoms with Gasteiger partial charge in [-0.3, -0.25) is 4.79 Å². The molecule has 0 radical (unpaired) electrons. The first kappa shape index (κ1) is 11.6. The Kier molecular flexibility index (Phi) is 2.81. The maximum absolute atomic E-state index is 12.8. The number of nitrogens with zero attached hydrogens (tertiary/aromatic N) is 1. The first-order chi connectivity index (χ1) is 7.43. The van der Waals surface area contributed by atoms with Crippen LogP contribution in [0.1, 0.15) is 0 Å². The third-order valence-electron chi connectivity index (χ3n) is 3.24. The highest BCUT2D eigenvalue weighted by Gasteiger charge is 2.53. The molecule has 0 aliphatic carbocycles. The van der Waals surface area contributed by atoms with E-state index in [-0.39, 0.29) is 24.9 Å². The quantitative estimate of drug-likeness (QED) is 0.715. The minimum absolute atomic E-state index is 0.123. The van der Waals surface area contributed by atoms with Crippen LogP contribution in [0.5, 0.6) is 0 Å². The van der Waals surface area contributed by atoms with Gasteiger partial charge in [-0.2, -0.15) is 8.78 Å². The van der Waals surface area contributed by atoms with Crippen LogP contribution in [0.4, 0.5) is 17.6 Å². The predicted octanol–water partition coefficient (Wildman–Crippen LogP) is 0.565. The molecule has 1 amide bonds. The molecule has 2 fully saturated rings. The van der Waals surface area contributed by atoms with E-state index in [0.717, 1.165) is 4.90 Å². The fourth-order valence-electron chi connectivity index (χ4n) is 2.33. The van der Waals surface area contributed by atoms with Crippen LogP contribution in [0.15, 0.2) is 0 Å². The van der Waals surface area contributed by atoms with Gasteiger partial charge in [0, 0.05) is 26.2 Å². The van der Waals surface area contributed by atoms with E-state index in [0.29, 0.717) is 13.1 Å². The van der Waals surface area contributed by atoms with Gasteiger partial charge in [0.1, 0.15) is 0 Å². The minimum Gasteiger partial charge on any atom is -0.337 e. The van der Waals surface area contributed by atoms with E-state index in [4.69, 9.17) is 0 Å². The average Bonchev–Trinajstić information content (AvgIpc) is 2.74. The molecule has 0 unspecified atom stereocenters. The monoisotopic (exact) mass is 240 g/mol. The van der Waals surface area contributed by atoms with Crippen LogP contribution in [0.25, 0.3) is 0 Å². The van der Waals surface area contributed by atoms with E-state index in [2.05, 4.69) is 5.32 Å². The number of fused-ring (bicyclic) bond motifs is 1. The lowest BCUT2D eigenvalue weighted by Crippen LogP contribution is -2.47. The van der Waals surface area contributed by atoms with Gasteiger partial charge in [0.25, 0.3) is 5.91 Å². The Labute approximate surface area is 89.8 Å². The van der Waals surface area contributed by atoms with Crippen molar-refractivity contribution in [1.82, 2.24) is 10.2 Å². The molecular weight excluding hydrogens is 228 g/mol. The fraction of sp³-hybridized carbons (Fsp3) is 0.889. The van der Waals surface area contributed by atoms with Gasteiger partial charge < -0.3 is 10.2 Å². The highest BCUT2D eigenvalue weighted by atomic mass is 19.3. The summed E-state index contributed by atoms with van der Waals surface area (Å²) in [6, 6.07) is 0.